The summed E-state index contributed by atoms with van der Waals surface area (Å²) in [5.74, 6) is 0.340. The summed E-state index contributed by atoms with van der Waals surface area (Å²) in [6.07, 6.45) is 3.52. The van der Waals surface area contributed by atoms with Gasteiger partial charge < -0.3 is 10.4 Å². The summed E-state index contributed by atoms with van der Waals surface area (Å²) < 4.78 is 0. The van der Waals surface area contributed by atoms with Crippen LogP contribution in [0.15, 0.2) is 0 Å². The van der Waals surface area contributed by atoms with Crippen LogP contribution in [0.3, 0.4) is 0 Å². The maximum Gasteiger partial charge on any atom is 0.0687 e. The van der Waals surface area contributed by atoms with Crippen LogP contribution < -0.4 is 5.32 Å². The first kappa shape index (κ1) is 15.0. The van der Waals surface area contributed by atoms with E-state index in [-0.39, 0.29) is 6.10 Å². The van der Waals surface area contributed by atoms with Crippen molar-refractivity contribution in [2.24, 2.45) is 16.7 Å². The number of aliphatic hydroxyl groups excluding tert-OH is 1. The Morgan fingerprint density at radius 2 is 1.59 bits per heavy atom. The van der Waals surface area contributed by atoms with Gasteiger partial charge in [-0.2, -0.15) is 0 Å². The van der Waals surface area contributed by atoms with Crippen LogP contribution in [0.25, 0.3) is 0 Å². The first-order valence-electron chi connectivity index (χ1n) is 7.03. The highest BCUT2D eigenvalue weighted by Crippen LogP contribution is 2.45. The molecule has 1 unspecified atom stereocenters. The molecule has 2 N–H and O–H groups in total. The van der Waals surface area contributed by atoms with Crippen molar-refractivity contribution in [3.8, 4) is 0 Å². The fraction of sp³-hybridized carbons (Fsp3) is 1.00. The average Bonchev–Trinajstić information content (AvgIpc) is 2.08. The van der Waals surface area contributed by atoms with E-state index in [0.29, 0.717) is 22.8 Å². The summed E-state index contributed by atoms with van der Waals surface area (Å²) in [5.41, 5.74) is 0.838. The first-order valence-corrected chi connectivity index (χ1v) is 7.03. The van der Waals surface area contributed by atoms with E-state index in [4.69, 9.17) is 0 Å². The Labute approximate surface area is 107 Å². The number of aliphatic hydroxyl groups is 1. The van der Waals surface area contributed by atoms with E-state index in [9.17, 15) is 5.11 Å². The van der Waals surface area contributed by atoms with Gasteiger partial charge in [-0.1, -0.05) is 41.5 Å². The molecule has 0 amide bonds. The molecule has 1 aliphatic carbocycles. The smallest absolute Gasteiger partial charge is 0.0687 e. The Morgan fingerprint density at radius 3 is 2.00 bits per heavy atom. The van der Waals surface area contributed by atoms with E-state index in [1.54, 1.807) is 0 Å². The highest BCUT2D eigenvalue weighted by atomic mass is 16.3. The van der Waals surface area contributed by atoms with Crippen LogP contribution in [0.1, 0.15) is 60.8 Å². The molecule has 2 nitrogen and oxygen atoms in total. The quantitative estimate of drug-likeness (QED) is 0.792. The third kappa shape index (κ3) is 4.97. The lowest BCUT2D eigenvalue weighted by Gasteiger charge is -2.45. The topological polar surface area (TPSA) is 32.3 Å². The van der Waals surface area contributed by atoms with E-state index in [1.165, 1.54) is 19.3 Å². The minimum atomic E-state index is -0.219. The molecule has 0 aromatic heterocycles. The van der Waals surface area contributed by atoms with Gasteiger partial charge >= 0.3 is 0 Å². The van der Waals surface area contributed by atoms with Crippen LogP contribution in [0.5, 0.6) is 0 Å². The molecule has 1 rings (SSSR count). The molecule has 0 bridgehead atoms. The summed E-state index contributed by atoms with van der Waals surface area (Å²) in [6.45, 7) is 14.3. The Bertz CT molecular complexity index is 229. The fourth-order valence-corrected chi connectivity index (χ4v) is 3.51. The minimum absolute atomic E-state index is 0.219. The molecule has 0 saturated heterocycles. The summed E-state index contributed by atoms with van der Waals surface area (Å²) >= 11 is 0. The Hall–Kier alpha value is -0.0800. The molecule has 0 aromatic rings. The van der Waals surface area contributed by atoms with Crippen molar-refractivity contribution in [3.63, 3.8) is 0 Å². The largest absolute Gasteiger partial charge is 0.392 e. The molecular weight excluding hydrogens is 210 g/mol. The van der Waals surface area contributed by atoms with Gasteiger partial charge in [0.15, 0.2) is 0 Å². The minimum Gasteiger partial charge on any atom is -0.392 e. The van der Waals surface area contributed by atoms with E-state index in [2.05, 4.69) is 46.9 Å². The lowest BCUT2D eigenvalue weighted by Crippen LogP contribution is -2.46. The number of nitrogens with one attached hydrogen (secondary N) is 1. The molecule has 102 valence electrons. The Balaban J connectivity index is 2.49. The second-order valence-electron chi connectivity index (χ2n) is 7.83. The summed E-state index contributed by atoms with van der Waals surface area (Å²) in [5, 5.41) is 13.4. The normalized spacial score (nSPS) is 26.1. The van der Waals surface area contributed by atoms with E-state index < -0.39 is 0 Å². The van der Waals surface area contributed by atoms with Crippen molar-refractivity contribution < 1.29 is 5.11 Å². The van der Waals surface area contributed by atoms with Gasteiger partial charge in [-0.25, -0.2) is 0 Å². The van der Waals surface area contributed by atoms with Gasteiger partial charge in [0, 0.05) is 12.6 Å². The Morgan fingerprint density at radius 1 is 1.12 bits per heavy atom. The van der Waals surface area contributed by atoms with E-state index in [1.807, 2.05) is 0 Å². The van der Waals surface area contributed by atoms with E-state index >= 15 is 0 Å². The van der Waals surface area contributed by atoms with Crippen molar-refractivity contribution in [1.82, 2.24) is 5.32 Å². The molecule has 0 aliphatic heterocycles. The van der Waals surface area contributed by atoms with Crippen molar-refractivity contribution in [3.05, 3.63) is 0 Å². The second kappa shape index (κ2) is 5.27. The predicted molar refractivity (Wildman–Crippen MR) is 74.0 cm³/mol. The second-order valence-corrected chi connectivity index (χ2v) is 7.83. The first-order chi connectivity index (χ1) is 7.61. The lowest BCUT2D eigenvalue weighted by atomic mass is 9.63. The standard InChI is InChI=1S/C15H31NO/c1-11(2)13(17)9-16-12-7-14(3,4)10-15(5,6)8-12/h11-13,16-17H,7-10H2,1-6H3. The average molecular weight is 241 g/mol. The fourth-order valence-electron chi connectivity index (χ4n) is 3.51. The molecule has 17 heavy (non-hydrogen) atoms. The van der Waals surface area contributed by atoms with Crippen molar-refractivity contribution in [2.75, 3.05) is 6.54 Å². The van der Waals surface area contributed by atoms with Crippen LogP contribution in [0.2, 0.25) is 0 Å². The maximum absolute atomic E-state index is 9.85. The zero-order chi connectivity index (χ0) is 13.3. The maximum atomic E-state index is 9.85. The van der Waals surface area contributed by atoms with Gasteiger partial charge in [-0.3, -0.25) is 0 Å². The van der Waals surface area contributed by atoms with Crippen LogP contribution >= 0.6 is 0 Å². The lowest BCUT2D eigenvalue weighted by molar-refractivity contribution is 0.0685. The predicted octanol–water partition coefficient (Wildman–Crippen LogP) is 3.20. The number of rotatable bonds is 4. The molecule has 1 aliphatic rings. The van der Waals surface area contributed by atoms with Gasteiger partial charge in [0.05, 0.1) is 6.10 Å². The van der Waals surface area contributed by atoms with Crippen molar-refractivity contribution >= 4 is 0 Å². The van der Waals surface area contributed by atoms with Crippen molar-refractivity contribution in [1.29, 1.82) is 0 Å². The molecule has 0 aromatic carbocycles. The van der Waals surface area contributed by atoms with Gasteiger partial charge in [0.2, 0.25) is 0 Å². The molecule has 0 heterocycles. The van der Waals surface area contributed by atoms with Crippen LogP contribution in [-0.4, -0.2) is 23.8 Å². The highest BCUT2D eigenvalue weighted by molar-refractivity contribution is 4.92. The highest BCUT2D eigenvalue weighted by Gasteiger charge is 2.38. The molecule has 2 heteroatoms. The Kier molecular flexibility index (Phi) is 4.65. The summed E-state index contributed by atoms with van der Waals surface area (Å²) in [4.78, 5) is 0. The number of hydrogen-bond acceptors (Lipinski definition) is 2. The third-order valence-corrected chi connectivity index (χ3v) is 3.94. The molecule has 0 spiro atoms. The molecule has 1 saturated carbocycles. The molecular formula is C15H31NO. The van der Waals surface area contributed by atoms with Crippen LogP contribution in [0, 0.1) is 16.7 Å². The SMILES string of the molecule is CC(C)C(O)CNC1CC(C)(C)CC(C)(C)C1. The number of hydrogen-bond donors (Lipinski definition) is 2. The van der Waals surface area contributed by atoms with E-state index in [0.717, 1.165) is 6.54 Å². The van der Waals surface area contributed by atoms with Gasteiger partial charge in [0.25, 0.3) is 0 Å². The zero-order valence-corrected chi connectivity index (χ0v) is 12.5. The third-order valence-electron chi connectivity index (χ3n) is 3.94. The van der Waals surface area contributed by atoms with Gasteiger partial charge in [0.1, 0.15) is 0 Å². The molecule has 0 radical (unpaired) electrons. The van der Waals surface area contributed by atoms with Crippen LogP contribution in [0.4, 0.5) is 0 Å². The summed E-state index contributed by atoms with van der Waals surface area (Å²) in [6, 6.07) is 0.558. The van der Waals surface area contributed by atoms with Crippen molar-refractivity contribution in [2.45, 2.75) is 73.0 Å². The monoisotopic (exact) mass is 241 g/mol. The van der Waals surface area contributed by atoms with Gasteiger partial charge in [-0.15, -0.1) is 0 Å². The molecule has 1 fully saturated rings. The van der Waals surface area contributed by atoms with Gasteiger partial charge in [-0.05, 0) is 36.0 Å². The molecule has 1 atom stereocenters. The van der Waals surface area contributed by atoms with Crippen LogP contribution in [-0.2, 0) is 0 Å². The zero-order valence-electron chi connectivity index (χ0n) is 12.5. The summed E-state index contributed by atoms with van der Waals surface area (Å²) in [7, 11) is 0.